The molecule has 2 rings (SSSR count). The normalized spacial score (nSPS) is 11.4. The van der Waals surface area contributed by atoms with Crippen LogP contribution in [0.4, 0.5) is 18.9 Å². The number of rotatable bonds is 5. The Labute approximate surface area is 138 Å². The van der Waals surface area contributed by atoms with Crippen LogP contribution >= 0.6 is 0 Å². The molecule has 0 spiro atoms. The number of hydrogen-bond acceptors (Lipinski definition) is 2. The molecule has 0 atom stereocenters. The van der Waals surface area contributed by atoms with Crippen molar-refractivity contribution in [1.82, 2.24) is 0 Å². The first kappa shape index (κ1) is 17.8. The van der Waals surface area contributed by atoms with Gasteiger partial charge in [-0.1, -0.05) is 32.0 Å². The first-order valence-corrected chi connectivity index (χ1v) is 7.45. The maximum atomic E-state index is 12.6. The van der Waals surface area contributed by atoms with Gasteiger partial charge in [0.1, 0.15) is 5.75 Å². The van der Waals surface area contributed by atoms with Gasteiger partial charge in [0.2, 0.25) is 0 Å². The molecule has 0 aliphatic carbocycles. The van der Waals surface area contributed by atoms with Gasteiger partial charge in [0, 0.05) is 5.69 Å². The number of ether oxygens (including phenoxy) is 1. The van der Waals surface area contributed by atoms with Gasteiger partial charge in [0.25, 0.3) is 5.91 Å². The van der Waals surface area contributed by atoms with Crippen molar-refractivity contribution in [3.63, 3.8) is 0 Å². The Kier molecular flexibility index (Phi) is 5.49. The number of alkyl halides is 3. The minimum absolute atomic E-state index is 0.0774. The predicted octanol–water partition coefficient (Wildman–Crippen LogP) is 4.85. The van der Waals surface area contributed by atoms with E-state index in [2.05, 4.69) is 19.2 Å². The van der Waals surface area contributed by atoms with Crippen LogP contribution in [0.2, 0.25) is 0 Å². The zero-order valence-corrected chi connectivity index (χ0v) is 13.4. The van der Waals surface area contributed by atoms with Crippen LogP contribution in [0.25, 0.3) is 0 Å². The summed E-state index contributed by atoms with van der Waals surface area (Å²) in [6, 6.07) is 11.8. The third-order valence-corrected chi connectivity index (χ3v) is 3.39. The molecule has 0 aliphatic heterocycles. The molecule has 2 aromatic rings. The molecular formula is C18H18F3NO2. The molecule has 24 heavy (non-hydrogen) atoms. The van der Waals surface area contributed by atoms with Crippen LogP contribution in [0.5, 0.6) is 5.75 Å². The van der Waals surface area contributed by atoms with Crippen molar-refractivity contribution in [2.75, 3.05) is 11.9 Å². The Morgan fingerprint density at radius 3 is 2.38 bits per heavy atom. The largest absolute Gasteiger partial charge is 0.484 e. The Hall–Kier alpha value is -2.50. The van der Waals surface area contributed by atoms with E-state index in [0.717, 1.165) is 17.7 Å². The van der Waals surface area contributed by atoms with Gasteiger partial charge in [-0.25, -0.2) is 0 Å². The van der Waals surface area contributed by atoms with Crippen molar-refractivity contribution in [2.45, 2.75) is 25.9 Å². The predicted molar refractivity (Wildman–Crippen MR) is 86.1 cm³/mol. The second-order valence-corrected chi connectivity index (χ2v) is 5.64. The van der Waals surface area contributed by atoms with Crippen molar-refractivity contribution in [3.8, 4) is 5.75 Å². The van der Waals surface area contributed by atoms with Gasteiger partial charge >= 0.3 is 6.18 Å². The quantitative estimate of drug-likeness (QED) is 0.847. The van der Waals surface area contributed by atoms with Gasteiger partial charge in [0.15, 0.2) is 6.61 Å². The smallest absolute Gasteiger partial charge is 0.416 e. The van der Waals surface area contributed by atoms with Gasteiger partial charge < -0.3 is 10.1 Å². The molecule has 1 amide bonds. The molecule has 0 radical (unpaired) electrons. The summed E-state index contributed by atoms with van der Waals surface area (Å²) in [4.78, 5) is 11.8. The van der Waals surface area contributed by atoms with Crippen LogP contribution in [-0.4, -0.2) is 12.5 Å². The highest BCUT2D eigenvalue weighted by Gasteiger charge is 2.30. The minimum atomic E-state index is -4.45. The number of nitrogens with one attached hydrogen (secondary N) is 1. The number of benzene rings is 2. The second-order valence-electron chi connectivity index (χ2n) is 5.64. The lowest BCUT2D eigenvalue weighted by Gasteiger charge is -2.11. The van der Waals surface area contributed by atoms with Crippen molar-refractivity contribution in [2.24, 2.45) is 0 Å². The highest BCUT2D eigenvalue weighted by atomic mass is 19.4. The summed E-state index contributed by atoms with van der Waals surface area (Å²) in [7, 11) is 0. The van der Waals surface area contributed by atoms with E-state index in [4.69, 9.17) is 4.74 Å². The number of amides is 1. The van der Waals surface area contributed by atoms with Crippen molar-refractivity contribution < 1.29 is 22.7 Å². The summed E-state index contributed by atoms with van der Waals surface area (Å²) in [5, 5.41) is 2.39. The molecule has 0 aliphatic rings. The number of halogens is 3. The van der Waals surface area contributed by atoms with E-state index in [1.807, 2.05) is 12.1 Å². The maximum Gasteiger partial charge on any atom is 0.416 e. The van der Waals surface area contributed by atoms with E-state index >= 15 is 0 Å². The summed E-state index contributed by atoms with van der Waals surface area (Å²) in [5.74, 6) is 0.393. The molecule has 0 aromatic heterocycles. The van der Waals surface area contributed by atoms with Crippen LogP contribution in [-0.2, 0) is 11.0 Å². The lowest BCUT2D eigenvalue weighted by atomic mass is 10.0. The molecule has 0 saturated carbocycles. The van der Waals surface area contributed by atoms with E-state index in [-0.39, 0.29) is 12.3 Å². The molecule has 0 unspecified atom stereocenters. The Morgan fingerprint density at radius 1 is 1.12 bits per heavy atom. The first-order chi connectivity index (χ1) is 11.3. The van der Waals surface area contributed by atoms with E-state index in [1.165, 1.54) is 12.1 Å². The minimum Gasteiger partial charge on any atom is -0.484 e. The van der Waals surface area contributed by atoms with E-state index in [0.29, 0.717) is 11.7 Å². The SMILES string of the molecule is CC(C)c1ccc(OCC(=O)Nc2cccc(C(F)(F)F)c2)cc1. The molecule has 0 saturated heterocycles. The third kappa shape index (κ3) is 5.01. The molecule has 0 heterocycles. The van der Waals surface area contributed by atoms with Crippen LogP contribution in [0, 0.1) is 0 Å². The molecule has 128 valence electrons. The van der Waals surface area contributed by atoms with Gasteiger partial charge in [-0.05, 0) is 41.8 Å². The second kappa shape index (κ2) is 7.38. The highest BCUT2D eigenvalue weighted by molar-refractivity contribution is 5.91. The van der Waals surface area contributed by atoms with E-state index in [1.54, 1.807) is 12.1 Å². The summed E-state index contributed by atoms with van der Waals surface area (Å²) < 4.78 is 43.2. The summed E-state index contributed by atoms with van der Waals surface area (Å²) in [6.07, 6.45) is -4.45. The fourth-order valence-electron chi connectivity index (χ4n) is 2.07. The monoisotopic (exact) mass is 337 g/mol. The average Bonchev–Trinajstić information content (AvgIpc) is 2.53. The van der Waals surface area contributed by atoms with Gasteiger partial charge in [-0.15, -0.1) is 0 Å². The molecule has 3 nitrogen and oxygen atoms in total. The molecule has 0 bridgehead atoms. The average molecular weight is 337 g/mol. The van der Waals surface area contributed by atoms with Crippen molar-refractivity contribution in [3.05, 3.63) is 59.7 Å². The Morgan fingerprint density at radius 2 is 1.79 bits per heavy atom. The molecule has 1 N–H and O–H groups in total. The fourth-order valence-corrected chi connectivity index (χ4v) is 2.07. The third-order valence-electron chi connectivity index (χ3n) is 3.39. The molecule has 6 heteroatoms. The highest BCUT2D eigenvalue weighted by Crippen LogP contribution is 2.30. The number of carbonyl (C=O) groups excluding carboxylic acids is 1. The van der Waals surface area contributed by atoms with Crippen LogP contribution < -0.4 is 10.1 Å². The molecular weight excluding hydrogens is 319 g/mol. The number of anilines is 1. The van der Waals surface area contributed by atoms with Crippen LogP contribution in [0.3, 0.4) is 0 Å². The molecule has 0 fully saturated rings. The maximum absolute atomic E-state index is 12.6. The standard InChI is InChI=1S/C18H18F3NO2/c1-12(2)13-6-8-16(9-7-13)24-11-17(23)22-15-5-3-4-14(10-15)18(19,20)21/h3-10,12H,11H2,1-2H3,(H,22,23). The van der Waals surface area contributed by atoms with E-state index < -0.39 is 17.6 Å². The van der Waals surface area contributed by atoms with E-state index in [9.17, 15) is 18.0 Å². The first-order valence-electron chi connectivity index (χ1n) is 7.45. The Balaban J connectivity index is 1.92. The van der Waals surface area contributed by atoms with Gasteiger partial charge in [-0.3, -0.25) is 4.79 Å². The Bertz CT molecular complexity index is 694. The fraction of sp³-hybridized carbons (Fsp3) is 0.278. The van der Waals surface area contributed by atoms with Crippen molar-refractivity contribution in [1.29, 1.82) is 0 Å². The van der Waals surface area contributed by atoms with Crippen molar-refractivity contribution >= 4 is 11.6 Å². The van der Waals surface area contributed by atoms with Crippen LogP contribution in [0.15, 0.2) is 48.5 Å². The lowest BCUT2D eigenvalue weighted by Crippen LogP contribution is -2.20. The zero-order chi connectivity index (χ0) is 17.7. The summed E-state index contributed by atoms with van der Waals surface area (Å²) in [5.41, 5.74) is 0.412. The van der Waals surface area contributed by atoms with Gasteiger partial charge in [0.05, 0.1) is 5.56 Å². The summed E-state index contributed by atoms with van der Waals surface area (Å²) >= 11 is 0. The summed E-state index contributed by atoms with van der Waals surface area (Å²) in [6.45, 7) is 3.86. The van der Waals surface area contributed by atoms with Gasteiger partial charge in [-0.2, -0.15) is 13.2 Å². The van der Waals surface area contributed by atoms with Crippen LogP contribution in [0.1, 0.15) is 30.9 Å². The number of carbonyl (C=O) groups is 1. The lowest BCUT2D eigenvalue weighted by molar-refractivity contribution is -0.137. The topological polar surface area (TPSA) is 38.3 Å². The zero-order valence-electron chi connectivity index (χ0n) is 13.4. The number of hydrogen-bond donors (Lipinski definition) is 1. The molecule has 2 aromatic carbocycles.